The molecular formula is C28H26BrN5O3S. The number of aromatic hydroxyl groups is 1. The van der Waals surface area contributed by atoms with Crippen molar-refractivity contribution < 1.29 is 13.5 Å². The summed E-state index contributed by atoms with van der Waals surface area (Å²) in [6, 6.07) is 22.0. The Morgan fingerprint density at radius 1 is 1.00 bits per heavy atom. The van der Waals surface area contributed by atoms with Crippen molar-refractivity contribution in [3.8, 4) is 17.0 Å². The Hall–Kier alpha value is -3.47. The van der Waals surface area contributed by atoms with Gasteiger partial charge in [0.2, 0.25) is 10.0 Å². The van der Waals surface area contributed by atoms with Crippen molar-refractivity contribution in [2.45, 2.75) is 17.7 Å². The molecule has 0 amide bonds. The number of sulfonamides is 1. The Labute approximate surface area is 229 Å². The number of piperidine rings is 1. The van der Waals surface area contributed by atoms with Gasteiger partial charge >= 0.3 is 0 Å². The van der Waals surface area contributed by atoms with Crippen LogP contribution >= 0.6 is 15.9 Å². The lowest BCUT2D eigenvalue weighted by atomic mass is 9.98. The van der Waals surface area contributed by atoms with Gasteiger partial charge in [-0.05, 0) is 58.3 Å². The molecule has 1 saturated heterocycles. The normalized spacial score (nSPS) is 15.3. The van der Waals surface area contributed by atoms with Crippen LogP contribution in [0.3, 0.4) is 0 Å². The summed E-state index contributed by atoms with van der Waals surface area (Å²) in [6.07, 6.45) is 3.19. The van der Waals surface area contributed by atoms with Crippen LogP contribution in [-0.2, 0) is 10.0 Å². The van der Waals surface area contributed by atoms with Gasteiger partial charge in [-0.1, -0.05) is 48.5 Å². The molecule has 0 unspecified atom stereocenters. The van der Waals surface area contributed by atoms with E-state index in [-0.39, 0.29) is 5.75 Å². The number of benzene rings is 3. The Kier molecular flexibility index (Phi) is 6.55. The van der Waals surface area contributed by atoms with E-state index in [1.54, 1.807) is 39.3 Å². The van der Waals surface area contributed by atoms with Crippen LogP contribution in [0.1, 0.15) is 12.8 Å². The highest BCUT2D eigenvalue weighted by molar-refractivity contribution is 9.10. The van der Waals surface area contributed by atoms with Gasteiger partial charge in [0.15, 0.2) is 5.65 Å². The maximum atomic E-state index is 13.5. The average molecular weight is 593 g/mol. The van der Waals surface area contributed by atoms with Gasteiger partial charge in [-0.2, -0.15) is 13.9 Å². The van der Waals surface area contributed by atoms with Crippen LogP contribution in [0.2, 0.25) is 0 Å². The summed E-state index contributed by atoms with van der Waals surface area (Å²) in [4.78, 5) is 5.06. The third-order valence-electron chi connectivity index (χ3n) is 7.12. The first-order chi connectivity index (χ1) is 18.4. The second kappa shape index (κ2) is 10.0. The number of phenolic OH excluding ortho intramolecular Hbond substituents is 1. The van der Waals surface area contributed by atoms with Crippen molar-refractivity contribution in [2.24, 2.45) is 5.92 Å². The van der Waals surface area contributed by atoms with E-state index in [0.717, 1.165) is 33.9 Å². The van der Waals surface area contributed by atoms with Crippen LogP contribution in [0, 0.1) is 5.92 Å². The van der Waals surface area contributed by atoms with Gasteiger partial charge < -0.3 is 10.4 Å². The van der Waals surface area contributed by atoms with Gasteiger partial charge in [0.1, 0.15) is 11.6 Å². The number of nitrogens with zero attached hydrogens (tertiary/aromatic N) is 4. The zero-order chi connectivity index (χ0) is 26.3. The largest absolute Gasteiger partial charge is 0.507 e. The van der Waals surface area contributed by atoms with Crippen molar-refractivity contribution in [2.75, 3.05) is 25.0 Å². The fourth-order valence-electron chi connectivity index (χ4n) is 5.05. The number of rotatable bonds is 6. The van der Waals surface area contributed by atoms with Gasteiger partial charge in [-0.15, -0.1) is 0 Å². The van der Waals surface area contributed by atoms with E-state index < -0.39 is 10.0 Å². The van der Waals surface area contributed by atoms with Gasteiger partial charge in [-0.25, -0.2) is 13.4 Å². The van der Waals surface area contributed by atoms with Crippen LogP contribution in [0.5, 0.6) is 5.75 Å². The van der Waals surface area contributed by atoms with Crippen molar-refractivity contribution in [3.63, 3.8) is 0 Å². The minimum atomic E-state index is -3.58. The molecule has 2 aromatic heterocycles. The predicted molar refractivity (Wildman–Crippen MR) is 152 cm³/mol. The van der Waals surface area contributed by atoms with Crippen LogP contribution in [-0.4, -0.2) is 52.1 Å². The monoisotopic (exact) mass is 591 g/mol. The SMILES string of the molecule is O=S(=O)(c1cccc2ccccc12)N1CCC(CNc2cc(-c3ccccc3O)nc3c(Br)cnn23)CC1. The minimum absolute atomic E-state index is 0.158. The maximum Gasteiger partial charge on any atom is 0.243 e. The Morgan fingerprint density at radius 2 is 1.74 bits per heavy atom. The van der Waals surface area contributed by atoms with E-state index in [4.69, 9.17) is 0 Å². The van der Waals surface area contributed by atoms with E-state index in [9.17, 15) is 13.5 Å². The first kappa shape index (κ1) is 24.8. The van der Waals surface area contributed by atoms with Crippen LogP contribution in [0.4, 0.5) is 5.82 Å². The highest BCUT2D eigenvalue weighted by Gasteiger charge is 2.30. The Bertz CT molecular complexity index is 1740. The van der Waals surface area contributed by atoms with Gasteiger partial charge in [-0.3, -0.25) is 0 Å². The second-order valence-corrected chi connectivity index (χ2v) is 12.2. The fourth-order valence-corrected chi connectivity index (χ4v) is 7.08. The smallest absolute Gasteiger partial charge is 0.243 e. The molecule has 1 aliphatic rings. The summed E-state index contributed by atoms with van der Waals surface area (Å²) in [5, 5.41) is 20.0. The summed E-state index contributed by atoms with van der Waals surface area (Å²) in [6.45, 7) is 1.61. The van der Waals surface area contributed by atoms with E-state index in [2.05, 4.69) is 31.3 Å². The molecule has 0 radical (unpaired) electrons. The quantitative estimate of drug-likeness (QED) is 0.269. The maximum absolute atomic E-state index is 13.5. The molecule has 2 N–H and O–H groups in total. The number of aromatic nitrogens is 3. The fraction of sp³-hybridized carbons (Fsp3) is 0.214. The van der Waals surface area contributed by atoms with Crippen molar-refractivity contribution in [3.05, 3.63) is 83.5 Å². The summed E-state index contributed by atoms with van der Waals surface area (Å²) in [7, 11) is -3.58. The molecule has 38 heavy (non-hydrogen) atoms. The number of para-hydroxylation sites is 1. The lowest BCUT2D eigenvalue weighted by Crippen LogP contribution is -2.40. The van der Waals surface area contributed by atoms with Crippen LogP contribution in [0.15, 0.2) is 88.4 Å². The third-order valence-corrected chi connectivity index (χ3v) is 9.64. The van der Waals surface area contributed by atoms with Gasteiger partial charge in [0.25, 0.3) is 0 Å². The Balaban J connectivity index is 1.18. The lowest BCUT2D eigenvalue weighted by molar-refractivity contribution is 0.282. The zero-order valence-electron chi connectivity index (χ0n) is 20.5. The molecular weight excluding hydrogens is 566 g/mol. The number of nitrogens with one attached hydrogen (secondary N) is 1. The molecule has 0 saturated carbocycles. The molecule has 6 rings (SSSR count). The summed E-state index contributed by atoms with van der Waals surface area (Å²) in [5.41, 5.74) is 1.91. The van der Waals surface area contributed by atoms with E-state index in [1.807, 2.05) is 48.5 Å². The third kappa shape index (κ3) is 4.53. The summed E-state index contributed by atoms with van der Waals surface area (Å²) < 4.78 is 31.1. The average Bonchev–Trinajstić information content (AvgIpc) is 3.32. The topological polar surface area (TPSA) is 99.8 Å². The minimum Gasteiger partial charge on any atom is -0.507 e. The molecule has 1 fully saturated rings. The highest BCUT2D eigenvalue weighted by Crippen LogP contribution is 2.32. The molecule has 0 spiro atoms. The van der Waals surface area contributed by atoms with Crippen LogP contribution < -0.4 is 5.32 Å². The molecule has 3 heterocycles. The molecule has 194 valence electrons. The number of fused-ring (bicyclic) bond motifs is 2. The molecule has 3 aromatic carbocycles. The van der Waals surface area contributed by atoms with Crippen LogP contribution in [0.25, 0.3) is 27.7 Å². The molecule has 8 nitrogen and oxygen atoms in total. The number of hydrogen-bond acceptors (Lipinski definition) is 6. The number of halogens is 1. The molecule has 0 bridgehead atoms. The molecule has 5 aromatic rings. The predicted octanol–water partition coefficient (Wildman–Crippen LogP) is 5.53. The molecule has 10 heteroatoms. The number of phenols is 1. The van der Waals surface area contributed by atoms with E-state index in [0.29, 0.717) is 47.4 Å². The first-order valence-electron chi connectivity index (χ1n) is 12.5. The second-order valence-electron chi connectivity index (χ2n) is 9.48. The highest BCUT2D eigenvalue weighted by atomic mass is 79.9. The van der Waals surface area contributed by atoms with E-state index in [1.165, 1.54) is 0 Å². The number of hydrogen-bond donors (Lipinski definition) is 2. The van der Waals surface area contributed by atoms with Crippen molar-refractivity contribution in [1.82, 2.24) is 18.9 Å². The molecule has 1 aliphatic heterocycles. The van der Waals surface area contributed by atoms with Crippen molar-refractivity contribution >= 4 is 48.2 Å². The standard InChI is InChI=1S/C28H26BrN5O3S/c29-23-18-31-34-27(16-24(32-28(23)34)22-9-3-4-10-25(22)35)30-17-19-12-14-33(15-13-19)38(36,37)26-11-5-7-20-6-1-2-8-21(20)26/h1-11,16,18-19,30,35H,12-15,17H2. The van der Waals surface area contributed by atoms with Gasteiger partial charge in [0, 0.05) is 36.7 Å². The number of anilines is 1. The van der Waals surface area contributed by atoms with E-state index >= 15 is 0 Å². The summed E-state index contributed by atoms with van der Waals surface area (Å²) >= 11 is 3.51. The molecule has 0 atom stereocenters. The zero-order valence-corrected chi connectivity index (χ0v) is 22.9. The van der Waals surface area contributed by atoms with Crippen molar-refractivity contribution in [1.29, 1.82) is 0 Å². The Morgan fingerprint density at radius 3 is 2.55 bits per heavy atom. The summed E-state index contributed by atoms with van der Waals surface area (Å²) in [5.74, 6) is 1.21. The first-order valence-corrected chi connectivity index (χ1v) is 14.7. The van der Waals surface area contributed by atoms with Gasteiger partial charge in [0.05, 0.1) is 21.3 Å². The lowest BCUT2D eigenvalue weighted by Gasteiger charge is -2.31. The molecule has 0 aliphatic carbocycles.